The van der Waals surface area contributed by atoms with Gasteiger partial charge in [-0.25, -0.2) is 9.37 Å². The van der Waals surface area contributed by atoms with Crippen molar-refractivity contribution in [2.45, 2.75) is 96.1 Å². The summed E-state index contributed by atoms with van der Waals surface area (Å²) in [5.74, 6) is -2.34. The SMILES string of the molecule is C[C@H](NCc1c(F)cc(Cl)cc1Oc1ccc(-c2cnc(CN(C)C)n2C)cc1)C(=O)N[C@@H](CO)C(=O)N(C)[C@@]1(Cc2ccc(Cl)cc2)CCCN(C(=O)[C@@H](CC(=O)OC(C)(C)C)Cc2cccc[n+]2O)C1. The Kier molecular flexibility index (Phi) is 18.5. The monoisotopic (exact) mass is 1030 g/mol. The number of imidazole rings is 1. The number of nitrogens with zero attached hydrogens (tertiary/aromatic N) is 6. The summed E-state index contributed by atoms with van der Waals surface area (Å²) in [4.78, 5) is 66.1. The van der Waals surface area contributed by atoms with E-state index in [9.17, 15) is 29.5 Å². The van der Waals surface area contributed by atoms with Gasteiger partial charge in [-0.05, 0) is 121 Å². The summed E-state index contributed by atoms with van der Waals surface area (Å²) in [6.45, 7) is 6.88. The summed E-state index contributed by atoms with van der Waals surface area (Å²) in [5.41, 5.74) is 1.29. The van der Waals surface area contributed by atoms with Crippen LogP contribution in [0.5, 0.6) is 11.5 Å². The van der Waals surface area contributed by atoms with Crippen LogP contribution in [0.15, 0.2) is 91.3 Å². The third kappa shape index (κ3) is 14.3. The number of hydrogen-bond donors (Lipinski definition) is 4. The van der Waals surface area contributed by atoms with Crippen molar-refractivity contribution in [3.8, 4) is 22.8 Å². The number of likely N-dealkylation sites (tertiary alicyclic amines) is 1. The quantitative estimate of drug-likeness (QED) is 0.0379. The highest BCUT2D eigenvalue weighted by molar-refractivity contribution is 6.31. The molecule has 5 aromatic rings. The van der Waals surface area contributed by atoms with Crippen molar-refractivity contribution >= 4 is 46.9 Å². The van der Waals surface area contributed by atoms with Crippen LogP contribution in [0.25, 0.3) is 11.3 Å². The summed E-state index contributed by atoms with van der Waals surface area (Å²) < 4.78 is 30.3. The number of aliphatic hydroxyl groups is 1. The van der Waals surface area contributed by atoms with Crippen LogP contribution in [-0.2, 0) is 56.9 Å². The number of rotatable bonds is 20. The molecule has 0 saturated carbocycles. The maximum absolute atomic E-state index is 15.6. The second kappa shape index (κ2) is 24.1. The molecule has 3 heterocycles. The van der Waals surface area contributed by atoms with E-state index < -0.39 is 59.3 Å². The predicted octanol–water partition coefficient (Wildman–Crippen LogP) is 6.52. The Morgan fingerprint density at radius 2 is 1.71 bits per heavy atom. The van der Waals surface area contributed by atoms with E-state index in [0.29, 0.717) is 42.4 Å². The van der Waals surface area contributed by atoms with Crippen LogP contribution < -0.4 is 20.1 Å². The van der Waals surface area contributed by atoms with Crippen LogP contribution in [0.3, 0.4) is 0 Å². The highest BCUT2D eigenvalue weighted by Gasteiger charge is 2.46. The molecule has 386 valence electrons. The molecule has 3 aromatic carbocycles. The maximum atomic E-state index is 15.6. The molecular weight excluding hydrogens is 967 g/mol. The topological polar surface area (TPSA) is 183 Å². The molecule has 4 atom stereocenters. The first kappa shape index (κ1) is 55.2. The van der Waals surface area contributed by atoms with E-state index in [1.807, 2.05) is 61.1 Å². The maximum Gasteiger partial charge on any atom is 0.307 e. The van der Waals surface area contributed by atoms with E-state index in [1.54, 1.807) is 82.1 Å². The number of aliphatic hydroxyl groups excluding tert-OH is 1. The number of hydrogen-bond acceptors (Lipinski definition) is 11. The van der Waals surface area contributed by atoms with E-state index in [4.69, 9.17) is 32.7 Å². The number of piperidine rings is 1. The summed E-state index contributed by atoms with van der Waals surface area (Å²) in [5, 5.41) is 27.6. The molecule has 3 amide bonds. The number of aromatic nitrogens is 3. The molecule has 6 rings (SSSR count). The van der Waals surface area contributed by atoms with Crippen LogP contribution in [0, 0.1) is 11.7 Å². The Hall–Kier alpha value is -6.11. The van der Waals surface area contributed by atoms with E-state index in [-0.39, 0.29) is 54.6 Å². The molecule has 1 fully saturated rings. The van der Waals surface area contributed by atoms with Crippen LogP contribution in [-0.4, -0.2) is 122 Å². The van der Waals surface area contributed by atoms with Gasteiger partial charge in [-0.3, -0.25) is 24.4 Å². The van der Waals surface area contributed by atoms with Gasteiger partial charge in [-0.2, -0.15) is 0 Å². The fraction of sp³-hybridized carbons (Fsp3) is 0.434. The second-order valence-corrected chi connectivity index (χ2v) is 20.6. The van der Waals surface area contributed by atoms with Crippen molar-refractivity contribution in [2.75, 3.05) is 40.8 Å². The fourth-order valence-electron chi connectivity index (χ4n) is 8.90. The molecule has 2 aromatic heterocycles. The molecule has 4 N–H and O–H groups in total. The molecule has 1 aliphatic rings. The number of ether oxygens (including phenoxy) is 2. The molecular formula is C53H66Cl2FN8O8+. The Labute approximate surface area is 430 Å². The Morgan fingerprint density at radius 3 is 2.36 bits per heavy atom. The Morgan fingerprint density at radius 1 is 1.00 bits per heavy atom. The normalized spacial score (nSPS) is 16.2. The number of esters is 1. The zero-order chi connectivity index (χ0) is 52.5. The van der Waals surface area contributed by atoms with Crippen molar-refractivity contribution in [1.82, 2.24) is 34.9 Å². The lowest BCUT2D eigenvalue weighted by molar-refractivity contribution is -0.909. The molecule has 16 nitrogen and oxygen atoms in total. The number of benzene rings is 3. The second-order valence-electron chi connectivity index (χ2n) is 19.7. The van der Waals surface area contributed by atoms with Gasteiger partial charge in [0.15, 0.2) is 0 Å². The number of pyridine rings is 1. The zero-order valence-electron chi connectivity index (χ0n) is 42.1. The molecule has 0 bridgehead atoms. The van der Waals surface area contributed by atoms with Crippen molar-refractivity contribution in [2.24, 2.45) is 13.0 Å². The third-order valence-electron chi connectivity index (χ3n) is 12.7. The number of carbonyl (C=O) groups excluding carboxylic acids is 4. The van der Waals surface area contributed by atoms with E-state index >= 15 is 4.39 Å². The van der Waals surface area contributed by atoms with E-state index in [1.165, 1.54) is 17.2 Å². The molecule has 1 aliphatic heterocycles. The first-order valence-electron chi connectivity index (χ1n) is 23.8. The minimum Gasteiger partial charge on any atom is -0.460 e. The van der Waals surface area contributed by atoms with Gasteiger partial charge >= 0.3 is 5.97 Å². The summed E-state index contributed by atoms with van der Waals surface area (Å²) >= 11 is 12.6. The standard InChI is InChI=1S/C53H65Cl2FN8O8/c1-34(57-29-42-43(56)26-39(55)27-46(42)71-41-19-15-36(16-20-41)45-30-58-47(61(45)7)31-60(5)6)49(67)59-44(32-65)51(69)62(8)53(28-35-13-17-38(54)18-14-35)21-11-22-63(33-53)50(68)37(25-48(66)72-52(2,3)4)24-40-12-9-10-23-64(40)70/h9-10,12-20,23,26-27,30,34,37,44,57,65H,11,21-22,24-25,28-29,31-33H2,1-8H3,(H-,59,67,70)/p+1/t34-,37+,44-,53+/m0/s1. The van der Waals surface area contributed by atoms with Crippen molar-refractivity contribution < 1.29 is 48.1 Å². The predicted molar refractivity (Wildman–Crippen MR) is 271 cm³/mol. The fourth-order valence-corrected chi connectivity index (χ4v) is 9.22. The minimum absolute atomic E-state index is 0.0221. The Bertz CT molecular complexity index is 2700. The number of amides is 3. The summed E-state index contributed by atoms with van der Waals surface area (Å²) in [7, 11) is 7.48. The molecule has 0 unspecified atom stereocenters. The summed E-state index contributed by atoms with van der Waals surface area (Å²) in [6.07, 6.45) is 4.20. The van der Waals surface area contributed by atoms with Gasteiger partial charge in [0.2, 0.25) is 29.6 Å². The van der Waals surface area contributed by atoms with Crippen LogP contribution >= 0.6 is 23.2 Å². The lowest BCUT2D eigenvalue weighted by atomic mass is 9.80. The van der Waals surface area contributed by atoms with Gasteiger partial charge in [0.25, 0.3) is 0 Å². The Balaban J connectivity index is 1.17. The van der Waals surface area contributed by atoms with Gasteiger partial charge in [0.1, 0.15) is 34.8 Å². The molecule has 0 aliphatic carbocycles. The van der Waals surface area contributed by atoms with Gasteiger partial charge < -0.3 is 44.5 Å². The van der Waals surface area contributed by atoms with Crippen LogP contribution in [0.4, 0.5) is 4.39 Å². The third-order valence-corrected chi connectivity index (χ3v) is 13.2. The van der Waals surface area contributed by atoms with E-state index in [0.717, 1.165) is 33.4 Å². The first-order valence-corrected chi connectivity index (χ1v) is 24.6. The van der Waals surface area contributed by atoms with Crippen LogP contribution in [0.1, 0.15) is 69.6 Å². The van der Waals surface area contributed by atoms with Crippen molar-refractivity contribution in [3.05, 3.63) is 130 Å². The van der Waals surface area contributed by atoms with Crippen molar-refractivity contribution in [3.63, 3.8) is 0 Å². The average molecular weight is 1030 g/mol. The number of halogens is 3. The number of nitrogens with one attached hydrogen (secondary N) is 2. The van der Waals surface area contributed by atoms with E-state index in [2.05, 4.69) is 15.6 Å². The van der Waals surface area contributed by atoms with Gasteiger partial charge in [-0.1, -0.05) is 35.3 Å². The largest absolute Gasteiger partial charge is 0.460 e. The molecule has 0 radical (unpaired) electrons. The van der Waals surface area contributed by atoms with Gasteiger partial charge in [-0.15, -0.1) is 0 Å². The van der Waals surface area contributed by atoms with Gasteiger partial charge in [0, 0.05) is 78.2 Å². The number of likely N-dealkylation sites (N-methyl/N-ethyl adjacent to an activating group) is 1. The highest BCUT2D eigenvalue weighted by atomic mass is 35.5. The van der Waals surface area contributed by atoms with Gasteiger partial charge in [0.05, 0.1) is 49.0 Å². The molecule has 1 saturated heterocycles. The molecule has 19 heteroatoms. The molecule has 72 heavy (non-hydrogen) atoms. The highest BCUT2D eigenvalue weighted by Crippen LogP contribution is 2.35. The summed E-state index contributed by atoms with van der Waals surface area (Å²) in [6, 6.07) is 19.7. The minimum atomic E-state index is -1.40. The lowest BCUT2D eigenvalue weighted by Crippen LogP contribution is -2.65. The lowest BCUT2D eigenvalue weighted by Gasteiger charge is -2.49. The smallest absolute Gasteiger partial charge is 0.307 e. The zero-order valence-corrected chi connectivity index (χ0v) is 43.6. The van der Waals surface area contributed by atoms with Crippen molar-refractivity contribution in [1.29, 1.82) is 0 Å². The van der Waals surface area contributed by atoms with Crippen LogP contribution in [0.2, 0.25) is 10.0 Å². The first-order chi connectivity index (χ1) is 34.1. The number of carbonyl (C=O) groups is 4. The average Bonchev–Trinajstić information content (AvgIpc) is 3.68. The molecule has 0 spiro atoms.